The Bertz CT molecular complexity index is 233. The monoisotopic (exact) mass is 235 g/mol. The molecule has 0 bridgehead atoms. The summed E-state index contributed by atoms with van der Waals surface area (Å²) in [6.45, 7) is 0.197. The summed E-state index contributed by atoms with van der Waals surface area (Å²) in [6, 6.07) is 4.91. The van der Waals surface area contributed by atoms with Crippen LogP contribution < -0.4 is 10.5 Å². The van der Waals surface area contributed by atoms with Crippen molar-refractivity contribution in [2.45, 2.75) is 6.54 Å². The highest BCUT2D eigenvalue weighted by atomic mass is 79.9. The van der Waals surface area contributed by atoms with Gasteiger partial charge in [-0.3, -0.25) is 0 Å². The topological polar surface area (TPSA) is 35.2 Å². The Morgan fingerprint density at radius 2 is 2.17 bits per heavy atom. The zero-order valence-electron chi connectivity index (χ0n) is 6.71. The van der Waals surface area contributed by atoms with Crippen molar-refractivity contribution in [1.82, 2.24) is 0 Å². The molecule has 2 nitrogen and oxygen atoms in total. The number of ether oxygens (including phenoxy) is 1. The van der Waals surface area contributed by atoms with Crippen molar-refractivity contribution < 1.29 is 9.13 Å². The van der Waals surface area contributed by atoms with E-state index in [1.807, 2.05) is 0 Å². The molecule has 0 saturated carbocycles. The average molecular weight is 236 g/mol. The van der Waals surface area contributed by atoms with E-state index in [2.05, 4.69) is 0 Å². The molecule has 0 fully saturated rings. The number of hydrogen-bond acceptors (Lipinski definition) is 2. The highest BCUT2D eigenvalue weighted by Gasteiger charge is 2.05. The molecule has 0 unspecified atom stereocenters. The minimum Gasteiger partial charge on any atom is -0.494 e. The van der Waals surface area contributed by atoms with Gasteiger partial charge in [-0.05, 0) is 6.07 Å². The summed E-state index contributed by atoms with van der Waals surface area (Å²) in [5, 5.41) is 0. The van der Waals surface area contributed by atoms with Gasteiger partial charge in [0, 0.05) is 12.1 Å². The maximum absolute atomic E-state index is 13.1. The van der Waals surface area contributed by atoms with Gasteiger partial charge in [-0.1, -0.05) is 12.1 Å². The Kier molecular flexibility index (Phi) is 4.85. The maximum atomic E-state index is 13.1. The van der Waals surface area contributed by atoms with Crippen molar-refractivity contribution in [3.63, 3.8) is 0 Å². The van der Waals surface area contributed by atoms with Crippen molar-refractivity contribution in [3.05, 3.63) is 29.6 Å². The quantitative estimate of drug-likeness (QED) is 0.850. The van der Waals surface area contributed by atoms with Crippen LogP contribution in [-0.2, 0) is 6.54 Å². The third kappa shape index (κ3) is 2.19. The van der Waals surface area contributed by atoms with Gasteiger partial charge in [0.15, 0.2) is 11.6 Å². The van der Waals surface area contributed by atoms with Crippen molar-refractivity contribution >= 4 is 17.0 Å². The van der Waals surface area contributed by atoms with Gasteiger partial charge in [0.2, 0.25) is 0 Å². The van der Waals surface area contributed by atoms with Gasteiger partial charge < -0.3 is 10.5 Å². The SMILES string of the molecule is Br.COc1cccc(CN)c1F. The van der Waals surface area contributed by atoms with Crippen LogP contribution in [0, 0.1) is 5.82 Å². The van der Waals surface area contributed by atoms with Crippen molar-refractivity contribution in [2.24, 2.45) is 5.73 Å². The van der Waals surface area contributed by atoms with Crippen LogP contribution in [0.15, 0.2) is 18.2 Å². The number of methoxy groups -OCH3 is 1. The van der Waals surface area contributed by atoms with Gasteiger partial charge in [0.25, 0.3) is 0 Å². The second-order valence-corrected chi connectivity index (χ2v) is 2.14. The first-order chi connectivity index (χ1) is 5.29. The smallest absolute Gasteiger partial charge is 0.169 e. The van der Waals surface area contributed by atoms with Crippen LogP contribution in [0.5, 0.6) is 5.75 Å². The molecule has 4 heteroatoms. The van der Waals surface area contributed by atoms with E-state index in [0.29, 0.717) is 5.56 Å². The standard InChI is InChI=1S/C8H10FNO.BrH/c1-11-7-4-2-3-6(5-10)8(7)9;/h2-4H,5,10H2,1H3;1H. The Labute approximate surface area is 81.3 Å². The summed E-state index contributed by atoms with van der Waals surface area (Å²) in [5.41, 5.74) is 5.75. The molecule has 1 aromatic rings. The minimum absolute atomic E-state index is 0. The zero-order valence-corrected chi connectivity index (χ0v) is 8.42. The Balaban J connectivity index is 0.00000121. The van der Waals surface area contributed by atoms with Crippen LogP contribution in [0.3, 0.4) is 0 Å². The summed E-state index contributed by atoms with van der Waals surface area (Å²) in [5.74, 6) is -0.120. The zero-order chi connectivity index (χ0) is 8.27. The van der Waals surface area contributed by atoms with E-state index in [-0.39, 0.29) is 35.1 Å². The summed E-state index contributed by atoms with van der Waals surface area (Å²) < 4.78 is 17.8. The normalized spacial score (nSPS) is 8.92. The first kappa shape index (κ1) is 11.4. The van der Waals surface area contributed by atoms with Crippen LogP contribution in [0.25, 0.3) is 0 Å². The van der Waals surface area contributed by atoms with Crippen molar-refractivity contribution in [2.75, 3.05) is 7.11 Å². The molecule has 1 rings (SSSR count). The van der Waals surface area contributed by atoms with E-state index in [9.17, 15) is 4.39 Å². The molecule has 0 aliphatic rings. The molecule has 0 aliphatic carbocycles. The summed E-state index contributed by atoms with van der Waals surface area (Å²) in [4.78, 5) is 0. The average Bonchev–Trinajstić information content (AvgIpc) is 2.05. The predicted octanol–water partition coefficient (Wildman–Crippen LogP) is 1.87. The summed E-state index contributed by atoms with van der Waals surface area (Å²) >= 11 is 0. The van der Waals surface area contributed by atoms with Crippen LogP contribution in [0.2, 0.25) is 0 Å². The highest BCUT2D eigenvalue weighted by Crippen LogP contribution is 2.18. The maximum Gasteiger partial charge on any atom is 0.169 e. The molecule has 0 atom stereocenters. The second-order valence-electron chi connectivity index (χ2n) is 2.14. The molecule has 0 spiro atoms. The third-order valence-electron chi connectivity index (χ3n) is 1.48. The first-order valence-electron chi connectivity index (χ1n) is 3.31. The lowest BCUT2D eigenvalue weighted by Gasteiger charge is -2.03. The lowest BCUT2D eigenvalue weighted by atomic mass is 10.2. The molecule has 2 N–H and O–H groups in total. The summed E-state index contributed by atoms with van der Waals surface area (Å²) in [7, 11) is 1.43. The second kappa shape index (κ2) is 5.11. The van der Waals surface area contributed by atoms with Crippen LogP contribution in [-0.4, -0.2) is 7.11 Å². The van der Waals surface area contributed by atoms with Gasteiger partial charge in [0.1, 0.15) is 0 Å². The lowest BCUT2D eigenvalue weighted by molar-refractivity contribution is 0.384. The van der Waals surface area contributed by atoms with E-state index in [0.717, 1.165) is 0 Å². The van der Waals surface area contributed by atoms with Gasteiger partial charge in [-0.2, -0.15) is 0 Å². The van der Waals surface area contributed by atoms with Crippen molar-refractivity contribution in [3.8, 4) is 5.75 Å². The van der Waals surface area contributed by atoms with Crippen LogP contribution in [0.4, 0.5) is 4.39 Å². The molecule has 0 aromatic heterocycles. The van der Waals surface area contributed by atoms with Gasteiger partial charge in [-0.25, -0.2) is 4.39 Å². The fourth-order valence-electron chi connectivity index (χ4n) is 0.872. The highest BCUT2D eigenvalue weighted by molar-refractivity contribution is 8.93. The Morgan fingerprint density at radius 3 is 2.67 bits per heavy atom. The fourth-order valence-corrected chi connectivity index (χ4v) is 0.872. The molecule has 12 heavy (non-hydrogen) atoms. The molecule has 0 heterocycles. The number of benzene rings is 1. The molecular formula is C8H11BrFNO. The van der Waals surface area contributed by atoms with E-state index < -0.39 is 0 Å². The van der Waals surface area contributed by atoms with E-state index >= 15 is 0 Å². The van der Waals surface area contributed by atoms with Gasteiger partial charge in [0.05, 0.1) is 7.11 Å². The number of halogens is 2. The first-order valence-corrected chi connectivity index (χ1v) is 3.31. The molecule has 1 aromatic carbocycles. The van der Waals surface area contributed by atoms with Crippen LogP contribution in [0.1, 0.15) is 5.56 Å². The molecule has 68 valence electrons. The minimum atomic E-state index is -0.363. The molecular weight excluding hydrogens is 225 g/mol. The predicted molar refractivity (Wildman–Crippen MR) is 51.2 cm³/mol. The van der Waals surface area contributed by atoms with E-state index in [1.165, 1.54) is 7.11 Å². The molecule has 0 radical (unpaired) electrons. The Morgan fingerprint density at radius 1 is 1.50 bits per heavy atom. The largest absolute Gasteiger partial charge is 0.494 e. The third-order valence-corrected chi connectivity index (χ3v) is 1.48. The van der Waals surface area contributed by atoms with E-state index in [1.54, 1.807) is 18.2 Å². The van der Waals surface area contributed by atoms with E-state index in [4.69, 9.17) is 10.5 Å². The number of nitrogens with two attached hydrogens (primary N) is 1. The molecule has 0 aliphatic heterocycles. The van der Waals surface area contributed by atoms with Crippen molar-refractivity contribution in [1.29, 1.82) is 0 Å². The number of rotatable bonds is 2. The summed E-state index contributed by atoms with van der Waals surface area (Å²) in [6.07, 6.45) is 0. The fraction of sp³-hybridized carbons (Fsp3) is 0.250. The number of hydrogen-bond donors (Lipinski definition) is 1. The van der Waals surface area contributed by atoms with Crippen LogP contribution >= 0.6 is 17.0 Å². The van der Waals surface area contributed by atoms with Gasteiger partial charge in [-0.15, -0.1) is 17.0 Å². The molecule has 0 amide bonds. The Hall–Kier alpha value is -0.610. The molecule has 0 saturated heterocycles. The van der Waals surface area contributed by atoms with Gasteiger partial charge >= 0.3 is 0 Å². The lowest BCUT2D eigenvalue weighted by Crippen LogP contribution is -2.00.